The maximum atomic E-state index is 9.86. The lowest BCUT2D eigenvalue weighted by Crippen LogP contribution is -2.38. The van der Waals surface area contributed by atoms with Crippen molar-refractivity contribution in [1.82, 2.24) is 5.32 Å². The zero-order valence-electron chi connectivity index (χ0n) is 8.91. The molecule has 1 aliphatic heterocycles. The van der Waals surface area contributed by atoms with Crippen molar-refractivity contribution < 1.29 is 9.84 Å². The van der Waals surface area contributed by atoms with Gasteiger partial charge in [0.15, 0.2) is 0 Å². The third-order valence-corrected chi connectivity index (χ3v) is 3.49. The van der Waals surface area contributed by atoms with E-state index in [1.807, 2.05) is 0 Å². The van der Waals surface area contributed by atoms with Gasteiger partial charge in [0.05, 0.1) is 12.7 Å². The van der Waals surface area contributed by atoms with Crippen molar-refractivity contribution in [3.05, 3.63) is 0 Å². The number of nitrogens with one attached hydrogen (secondary N) is 1. The monoisotopic (exact) mass is 199 g/mol. The summed E-state index contributed by atoms with van der Waals surface area (Å²) in [7, 11) is 0. The molecule has 1 saturated heterocycles. The molecule has 3 nitrogen and oxygen atoms in total. The van der Waals surface area contributed by atoms with Crippen molar-refractivity contribution in [3.63, 3.8) is 0 Å². The van der Waals surface area contributed by atoms with Gasteiger partial charge >= 0.3 is 0 Å². The van der Waals surface area contributed by atoms with E-state index in [9.17, 15) is 5.11 Å². The minimum Gasteiger partial charge on any atom is -0.391 e. The van der Waals surface area contributed by atoms with Gasteiger partial charge in [0.2, 0.25) is 0 Å². The summed E-state index contributed by atoms with van der Waals surface area (Å²) in [6, 6.07) is 0.576. The third kappa shape index (κ3) is 2.69. The second kappa shape index (κ2) is 4.60. The Kier molecular flexibility index (Phi) is 3.42. The Labute approximate surface area is 85.8 Å². The van der Waals surface area contributed by atoms with Crippen LogP contribution in [0.2, 0.25) is 0 Å². The van der Waals surface area contributed by atoms with E-state index >= 15 is 0 Å². The predicted octanol–water partition coefficient (Wildman–Crippen LogP) is 0.772. The van der Waals surface area contributed by atoms with Crippen LogP contribution in [0.15, 0.2) is 0 Å². The fourth-order valence-corrected chi connectivity index (χ4v) is 2.09. The summed E-state index contributed by atoms with van der Waals surface area (Å²) < 4.78 is 5.26. The van der Waals surface area contributed by atoms with Crippen LogP contribution in [0, 0.1) is 11.8 Å². The number of rotatable bonds is 5. The molecule has 82 valence electrons. The Balaban J connectivity index is 1.63. The van der Waals surface area contributed by atoms with Crippen LogP contribution in [-0.4, -0.2) is 37.0 Å². The molecule has 0 bridgehead atoms. The summed E-state index contributed by atoms with van der Waals surface area (Å²) in [6.45, 7) is 4.50. The van der Waals surface area contributed by atoms with Gasteiger partial charge < -0.3 is 15.2 Å². The Morgan fingerprint density at radius 3 is 2.71 bits per heavy atom. The Hall–Kier alpha value is -0.120. The van der Waals surface area contributed by atoms with Gasteiger partial charge in [-0.25, -0.2) is 0 Å². The minimum atomic E-state index is -0.223. The van der Waals surface area contributed by atoms with Gasteiger partial charge in [0, 0.05) is 25.1 Å². The Bertz CT molecular complexity index is 176. The molecule has 3 atom stereocenters. The highest BCUT2D eigenvalue weighted by Crippen LogP contribution is 2.32. The first-order valence-electron chi connectivity index (χ1n) is 5.76. The number of hydrogen-bond acceptors (Lipinski definition) is 3. The minimum absolute atomic E-state index is 0.223. The van der Waals surface area contributed by atoms with Crippen LogP contribution in [-0.2, 0) is 4.74 Å². The fraction of sp³-hybridized carbons (Fsp3) is 1.00. The number of hydrogen-bond donors (Lipinski definition) is 2. The van der Waals surface area contributed by atoms with Gasteiger partial charge in [-0.2, -0.15) is 0 Å². The molecule has 0 aromatic rings. The summed E-state index contributed by atoms with van der Waals surface area (Å²) in [5, 5.41) is 13.3. The van der Waals surface area contributed by atoms with Crippen molar-refractivity contribution in [2.24, 2.45) is 11.8 Å². The average molecular weight is 199 g/mol. The number of aliphatic hydroxyl groups is 1. The highest BCUT2D eigenvalue weighted by molar-refractivity contribution is 4.84. The lowest BCUT2D eigenvalue weighted by molar-refractivity contribution is 0.0882. The molecule has 2 N–H and O–H groups in total. The van der Waals surface area contributed by atoms with Gasteiger partial charge in [-0.1, -0.05) is 0 Å². The molecule has 1 saturated carbocycles. The quantitative estimate of drug-likeness (QED) is 0.687. The van der Waals surface area contributed by atoms with Crippen molar-refractivity contribution in [2.75, 3.05) is 19.8 Å². The van der Waals surface area contributed by atoms with Gasteiger partial charge in [-0.15, -0.1) is 0 Å². The number of ether oxygens (including phenoxy) is 1. The molecule has 0 aromatic carbocycles. The van der Waals surface area contributed by atoms with E-state index in [1.54, 1.807) is 0 Å². The largest absolute Gasteiger partial charge is 0.391 e. The van der Waals surface area contributed by atoms with Crippen molar-refractivity contribution >= 4 is 0 Å². The standard InChI is InChI=1S/C11H21NO2/c1-8(9-2-3-9)12-6-11(13)10-4-5-14-7-10/h8-13H,2-7H2,1H3. The van der Waals surface area contributed by atoms with E-state index < -0.39 is 0 Å². The zero-order valence-corrected chi connectivity index (χ0v) is 8.91. The van der Waals surface area contributed by atoms with Crippen LogP contribution in [0.3, 0.4) is 0 Å². The van der Waals surface area contributed by atoms with E-state index in [-0.39, 0.29) is 6.10 Å². The second-order valence-corrected chi connectivity index (χ2v) is 4.73. The normalized spacial score (nSPS) is 31.7. The van der Waals surface area contributed by atoms with Crippen LogP contribution in [0.25, 0.3) is 0 Å². The molecule has 0 spiro atoms. The SMILES string of the molecule is CC(NCC(O)C1CCOC1)C1CC1. The average Bonchev–Trinajstić information content (AvgIpc) is 2.90. The van der Waals surface area contributed by atoms with Gasteiger partial charge in [-0.3, -0.25) is 0 Å². The first-order valence-corrected chi connectivity index (χ1v) is 5.76. The molecule has 0 radical (unpaired) electrons. The van der Waals surface area contributed by atoms with Crippen molar-refractivity contribution in [1.29, 1.82) is 0 Å². The molecule has 2 rings (SSSR count). The first-order chi connectivity index (χ1) is 6.77. The molecule has 3 heteroatoms. The van der Waals surface area contributed by atoms with E-state index in [1.165, 1.54) is 12.8 Å². The molecule has 1 aliphatic carbocycles. The van der Waals surface area contributed by atoms with Gasteiger partial charge in [0.25, 0.3) is 0 Å². The molecule has 0 amide bonds. The Morgan fingerprint density at radius 2 is 2.14 bits per heavy atom. The molecule has 14 heavy (non-hydrogen) atoms. The molecule has 2 fully saturated rings. The highest BCUT2D eigenvalue weighted by atomic mass is 16.5. The lowest BCUT2D eigenvalue weighted by Gasteiger charge is -2.20. The van der Waals surface area contributed by atoms with Crippen molar-refractivity contribution in [3.8, 4) is 0 Å². The zero-order chi connectivity index (χ0) is 9.97. The van der Waals surface area contributed by atoms with E-state index in [2.05, 4.69) is 12.2 Å². The smallest absolute Gasteiger partial charge is 0.0715 e. The second-order valence-electron chi connectivity index (χ2n) is 4.73. The van der Waals surface area contributed by atoms with Crippen LogP contribution in [0.1, 0.15) is 26.2 Å². The molecular formula is C11H21NO2. The summed E-state index contributed by atoms with van der Waals surface area (Å²) in [5.74, 6) is 1.22. The van der Waals surface area contributed by atoms with Crippen LogP contribution >= 0.6 is 0 Å². The highest BCUT2D eigenvalue weighted by Gasteiger charge is 2.29. The van der Waals surface area contributed by atoms with Gasteiger partial charge in [-0.05, 0) is 32.1 Å². The third-order valence-electron chi connectivity index (χ3n) is 3.49. The molecule has 1 heterocycles. The van der Waals surface area contributed by atoms with Crippen LogP contribution in [0.5, 0.6) is 0 Å². The molecule has 2 aliphatic rings. The van der Waals surface area contributed by atoms with Gasteiger partial charge in [0.1, 0.15) is 0 Å². The summed E-state index contributed by atoms with van der Waals surface area (Å²) in [6.07, 6.45) is 3.51. The maximum Gasteiger partial charge on any atom is 0.0715 e. The number of aliphatic hydroxyl groups excluding tert-OH is 1. The summed E-state index contributed by atoms with van der Waals surface area (Å²) in [4.78, 5) is 0. The lowest BCUT2D eigenvalue weighted by atomic mass is 10.0. The molecular weight excluding hydrogens is 178 g/mol. The predicted molar refractivity (Wildman–Crippen MR) is 55.1 cm³/mol. The van der Waals surface area contributed by atoms with E-state index in [0.717, 1.165) is 32.1 Å². The van der Waals surface area contributed by atoms with E-state index in [0.29, 0.717) is 12.0 Å². The Morgan fingerprint density at radius 1 is 1.36 bits per heavy atom. The summed E-state index contributed by atoms with van der Waals surface area (Å²) >= 11 is 0. The van der Waals surface area contributed by atoms with Crippen molar-refractivity contribution in [2.45, 2.75) is 38.3 Å². The van der Waals surface area contributed by atoms with Crippen LogP contribution in [0.4, 0.5) is 0 Å². The fourth-order valence-electron chi connectivity index (χ4n) is 2.09. The molecule has 0 aromatic heterocycles. The van der Waals surface area contributed by atoms with E-state index in [4.69, 9.17) is 4.74 Å². The van der Waals surface area contributed by atoms with Crippen LogP contribution < -0.4 is 5.32 Å². The maximum absolute atomic E-state index is 9.86. The molecule has 3 unspecified atom stereocenters. The summed E-state index contributed by atoms with van der Waals surface area (Å²) in [5.41, 5.74) is 0. The topological polar surface area (TPSA) is 41.5 Å². The first kappa shape index (κ1) is 10.4.